The van der Waals surface area contributed by atoms with Gasteiger partial charge in [-0.2, -0.15) is 0 Å². The average molecular weight is 469 g/mol. The first-order valence-electron chi connectivity index (χ1n) is 11.0. The highest BCUT2D eigenvalue weighted by Gasteiger charge is 2.35. The van der Waals surface area contributed by atoms with Crippen LogP contribution in [0.4, 0.5) is 4.79 Å². The minimum atomic E-state index is -0.259. The van der Waals surface area contributed by atoms with E-state index >= 15 is 0 Å². The zero-order valence-corrected chi connectivity index (χ0v) is 20.1. The molecular formula is C28H24N2O3S. The summed E-state index contributed by atoms with van der Waals surface area (Å²) in [6.45, 7) is 4.28. The number of para-hydroxylation sites is 2. The van der Waals surface area contributed by atoms with Crippen LogP contribution in [0.25, 0.3) is 22.5 Å². The van der Waals surface area contributed by atoms with Gasteiger partial charge in [0, 0.05) is 11.4 Å². The molecule has 1 aliphatic rings. The fourth-order valence-electron chi connectivity index (χ4n) is 4.50. The van der Waals surface area contributed by atoms with E-state index in [1.165, 1.54) is 4.90 Å². The van der Waals surface area contributed by atoms with E-state index in [0.29, 0.717) is 4.91 Å². The number of hydrogen-bond donors (Lipinski definition) is 0. The van der Waals surface area contributed by atoms with E-state index in [4.69, 9.17) is 4.74 Å². The lowest BCUT2D eigenvalue weighted by atomic mass is 10.0. The third-order valence-corrected chi connectivity index (χ3v) is 7.07. The Morgan fingerprint density at radius 3 is 2.50 bits per heavy atom. The lowest BCUT2D eigenvalue weighted by Crippen LogP contribution is -2.27. The maximum atomic E-state index is 13.2. The molecule has 0 atom stereocenters. The Morgan fingerprint density at radius 2 is 1.68 bits per heavy atom. The third-order valence-electron chi connectivity index (χ3n) is 6.16. The summed E-state index contributed by atoms with van der Waals surface area (Å²) in [6, 6.07) is 23.8. The average Bonchev–Trinajstić information content (AvgIpc) is 3.28. The van der Waals surface area contributed by atoms with Crippen LogP contribution in [0.5, 0.6) is 5.75 Å². The van der Waals surface area contributed by atoms with Gasteiger partial charge in [-0.1, -0.05) is 54.6 Å². The third kappa shape index (κ3) is 3.80. The topological polar surface area (TPSA) is 51.5 Å². The Morgan fingerprint density at radius 1 is 0.941 bits per heavy atom. The summed E-state index contributed by atoms with van der Waals surface area (Å²) >= 11 is 0.993. The van der Waals surface area contributed by atoms with Crippen LogP contribution in [0.15, 0.2) is 77.7 Å². The van der Waals surface area contributed by atoms with Crippen molar-refractivity contribution in [2.75, 3.05) is 7.11 Å². The Labute approximate surface area is 202 Å². The highest BCUT2D eigenvalue weighted by molar-refractivity contribution is 8.18. The summed E-state index contributed by atoms with van der Waals surface area (Å²) < 4.78 is 7.64. The second kappa shape index (κ2) is 8.88. The van der Waals surface area contributed by atoms with E-state index in [1.54, 1.807) is 7.11 Å². The zero-order valence-electron chi connectivity index (χ0n) is 19.2. The van der Waals surface area contributed by atoms with Crippen LogP contribution < -0.4 is 4.74 Å². The van der Waals surface area contributed by atoms with E-state index in [-0.39, 0.29) is 17.7 Å². The van der Waals surface area contributed by atoms with Crippen molar-refractivity contribution in [2.24, 2.45) is 0 Å². The summed E-state index contributed by atoms with van der Waals surface area (Å²) in [5.74, 6) is 0.510. The highest BCUT2D eigenvalue weighted by Crippen LogP contribution is 2.36. The van der Waals surface area contributed by atoms with Gasteiger partial charge in [0.1, 0.15) is 5.75 Å². The summed E-state index contributed by atoms with van der Waals surface area (Å²) in [7, 11) is 1.65. The zero-order chi connectivity index (χ0) is 23.8. The molecule has 0 spiro atoms. The Kier molecular flexibility index (Phi) is 5.75. The number of nitrogens with zero attached hydrogens (tertiary/aromatic N) is 2. The molecule has 2 heterocycles. The summed E-state index contributed by atoms with van der Waals surface area (Å²) in [6.07, 6.45) is 1.82. The number of carbonyl (C=O) groups excluding carboxylic acids is 2. The number of amides is 2. The molecule has 1 aliphatic heterocycles. The molecule has 0 aliphatic carbocycles. The van der Waals surface area contributed by atoms with Crippen LogP contribution in [0, 0.1) is 13.8 Å². The quantitative estimate of drug-likeness (QED) is 0.314. The van der Waals surface area contributed by atoms with Crippen LogP contribution in [-0.4, -0.2) is 27.7 Å². The Balaban J connectivity index is 1.47. The minimum Gasteiger partial charge on any atom is -0.495 e. The van der Waals surface area contributed by atoms with Crippen molar-refractivity contribution in [3.63, 3.8) is 0 Å². The van der Waals surface area contributed by atoms with Gasteiger partial charge in [0.2, 0.25) is 0 Å². The molecule has 1 saturated heterocycles. The van der Waals surface area contributed by atoms with E-state index in [2.05, 4.69) is 4.57 Å². The van der Waals surface area contributed by atoms with Gasteiger partial charge < -0.3 is 9.30 Å². The second-order valence-electron chi connectivity index (χ2n) is 8.24. The highest BCUT2D eigenvalue weighted by atomic mass is 32.2. The summed E-state index contributed by atoms with van der Waals surface area (Å²) in [4.78, 5) is 27.8. The van der Waals surface area contributed by atoms with Gasteiger partial charge in [-0.3, -0.25) is 14.5 Å². The van der Waals surface area contributed by atoms with Crippen LogP contribution >= 0.6 is 11.8 Å². The van der Waals surface area contributed by atoms with Crippen molar-refractivity contribution in [3.8, 4) is 11.4 Å². The van der Waals surface area contributed by atoms with Crippen molar-refractivity contribution in [1.29, 1.82) is 0 Å². The number of methoxy groups -OCH3 is 1. The van der Waals surface area contributed by atoms with Crippen LogP contribution in [0.3, 0.4) is 0 Å². The van der Waals surface area contributed by atoms with Crippen molar-refractivity contribution in [3.05, 3.63) is 100 Å². The monoisotopic (exact) mass is 468 g/mol. The molecule has 0 saturated carbocycles. The van der Waals surface area contributed by atoms with Crippen LogP contribution in [0.2, 0.25) is 0 Å². The lowest BCUT2D eigenvalue weighted by molar-refractivity contribution is -0.123. The van der Waals surface area contributed by atoms with Gasteiger partial charge >= 0.3 is 0 Å². The molecular weight excluding hydrogens is 444 g/mol. The first kappa shape index (κ1) is 22.0. The molecule has 3 aromatic carbocycles. The van der Waals surface area contributed by atoms with Crippen LogP contribution in [-0.2, 0) is 11.3 Å². The first-order chi connectivity index (χ1) is 16.5. The number of carbonyl (C=O) groups is 2. The smallest absolute Gasteiger partial charge is 0.293 e. The molecule has 0 radical (unpaired) electrons. The van der Waals surface area contributed by atoms with Crippen molar-refractivity contribution in [2.45, 2.75) is 20.4 Å². The number of rotatable bonds is 5. The molecule has 2 amide bonds. The molecule has 170 valence electrons. The molecule has 0 N–H and O–H groups in total. The minimum absolute atomic E-state index is 0.247. The Bertz CT molecular complexity index is 1460. The van der Waals surface area contributed by atoms with Crippen molar-refractivity contribution < 1.29 is 14.3 Å². The predicted octanol–water partition coefficient (Wildman–Crippen LogP) is 6.49. The van der Waals surface area contributed by atoms with Crippen molar-refractivity contribution >= 4 is 39.8 Å². The van der Waals surface area contributed by atoms with E-state index in [9.17, 15) is 9.59 Å². The molecule has 34 heavy (non-hydrogen) atoms. The molecule has 5 nitrogen and oxygen atoms in total. The largest absolute Gasteiger partial charge is 0.495 e. The number of thioether (sulfide) groups is 1. The normalized spacial score (nSPS) is 15.0. The molecule has 4 aromatic rings. The molecule has 6 heteroatoms. The number of aromatic nitrogens is 1. The summed E-state index contributed by atoms with van der Waals surface area (Å²) in [5, 5.41) is 1.89. The maximum absolute atomic E-state index is 13.2. The molecule has 5 rings (SSSR count). The number of hydrogen-bond acceptors (Lipinski definition) is 4. The van der Waals surface area contributed by atoms with Gasteiger partial charge in [0.15, 0.2) is 0 Å². The summed E-state index contributed by atoms with van der Waals surface area (Å²) in [5.41, 5.74) is 4.78. The molecule has 1 aromatic heterocycles. The number of benzene rings is 3. The fourth-order valence-corrected chi connectivity index (χ4v) is 5.33. The molecule has 0 bridgehead atoms. The number of fused-ring (bicyclic) bond motifs is 1. The Hall–Kier alpha value is -3.77. The van der Waals surface area contributed by atoms with Gasteiger partial charge in [-0.05, 0) is 71.8 Å². The number of ether oxygens (including phenoxy) is 1. The number of aryl methyl sites for hydroxylation is 1. The van der Waals surface area contributed by atoms with E-state index in [1.807, 2.05) is 92.7 Å². The second-order valence-corrected chi connectivity index (χ2v) is 9.23. The fraction of sp³-hybridized carbons (Fsp3) is 0.143. The molecule has 1 fully saturated rings. The number of imide groups is 1. The SMILES string of the molecule is COc1ccccc1-n1c(C)cc(/C=C2\SC(=O)N(Cc3cccc4ccccc34)C2=O)c1C. The van der Waals surface area contributed by atoms with E-state index in [0.717, 1.165) is 56.5 Å². The predicted molar refractivity (Wildman–Crippen MR) is 137 cm³/mol. The maximum Gasteiger partial charge on any atom is 0.293 e. The van der Waals surface area contributed by atoms with Crippen molar-refractivity contribution in [1.82, 2.24) is 9.47 Å². The molecule has 0 unspecified atom stereocenters. The van der Waals surface area contributed by atoms with Gasteiger partial charge in [0.25, 0.3) is 11.1 Å². The van der Waals surface area contributed by atoms with Gasteiger partial charge in [-0.25, -0.2) is 0 Å². The lowest BCUT2D eigenvalue weighted by Gasteiger charge is -2.14. The van der Waals surface area contributed by atoms with E-state index < -0.39 is 0 Å². The van der Waals surface area contributed by atoms with Gasteiger partial charge in [-0.15, -0.1) is 0 Å². The standard InChI is InChI=1S/C28H24N2O3S/c1-18-15-22(19(2)30(18)24-13-6-7-14-25(24)33-3)16-26-27(31)29(28(32)34-26)17-21-11-8-10-20-9-4-5-12-23(20)21/h4-16H,17H2,1-3H3/b26-16-. The first-order valence-corrected chi connectivity index (χ1v) is 11.8. The van der Waals surface area contributed by atoms with Gasteiger partial charge in [0.05, 0.1) is 24.2 Å². The van der Waals surface area contributed by atoms with Crippen LogP contribution in [0.1, 0.15) is 22.5 Å².